The highest BCUT2D eigenvalue weighted by molar-refractivity contribution is 7.99. The lowest BCUT2D eigenvalue weighted by atomic mass is 10.1. The molecule has 0 aliphatic carbocycles. The summed E-state index contributed by atoms with van der Waals surface area (Å²) in [6, 6.07) is 21.4. The van der Waals surface area contributed by atoms with Gasteiger partial charge in [-0.2, -0.15) is 9.67 Å². The predicted molar refractivity (Wildman–Crippen MR) is 136 cm³/mol. The maximum absolute atomic E-state index is 12.5. The molecule has 0 bridgehead atoms. The Balaban J connectivity index is 1.54. The van der Waals surface area contributed by atoms with Gasteiger partial charge >= 0.3 is 5.16 Å². The smallest absolute Gasteiger partial charge is 0.342 e. The fourth-order valence-corrected chi connectivity index (χ4v) is 4.28. The zero-order chi connectivity index (χ0) is 26.2. The van der Waals surface area contributed by atoms with Crippen molar-refractivity contribution in [3.05, 3.63) is 83.9 Å². The van der Waals surface area contributed by atoms with Crippen LogP contribution in [-0.2, 0) is 4.79 Å². The average Bonchev–Trinajstić information content (AvgIpc) is 3.36. The van der Waals surface area contributed by atoms with Crippen molar-refractivity contribution in [3.63, 3.8) is 0 Å². The van der Waals surface area contributed by atoms with Gasteiger partial charge < -0.3 is 19.4 Å². The van der Waals surface area contributed by atoms with Crippen LogP contribution in [0.15, 0.2) is 83.1 Å². The largest absolute Gasteiger partial charge is 0.545 e. The van der Waals surface area contributed by atoms with E-state index >= 15 is 0 Å². The highest BCUT2D eigenvalue weighted by Gasteiger charge is 2.25. The lowest BCUT2D eigenvalue weighted by molar-refractivity contribution is -0.625. The quantitative estimate of drug-likeness (QED) is 0.142. The van der Waals surface area contributed by atoms with Gasteiger partial charge in [-0.15, -0.1) is 5.10 Å². The summed E-state index contributed by atoms with van der Waals surface area (Å²) in [7, 11) is 3.14. The number of thioether (sulfide) groups is 1. The molecule has 0 aliphatic rings. The van der Waals surface area contributed by atoms with Gasteiger partial charge in [0, 0.05) is 11.1 Å². The first-order chi connectivity index (χ1) is 18.0. The van der Waals surface area contributed by atoms with Crippen molar-refractivity contribution in [2.75, 3.05) is 20.0 Å². The Labute approximate surface area is 217 Å². The van der Waals surface area contributed by atoms with E-state index in [1.165, 1.54) is 24.0 Å². The first kappa shape index (κ1) is 25.5. The van der Waals surface area contributed by atoms with Crippen LogP contribution in [0.25, 0.3) is 17.1 Å². The number of hydrazone groups is 1. The molecule has 3 aromatic carbocycles. The predicted octanol–water partition coefficient (Wildman–Crippen LogP) is 1.98. The number of H-pyrrole nitrogens is 1. The van der Waals surface area contributed by atoms with Crippen molar-refractivity contribution in [2.45, 2.75) is 5.16 Å². The van der Waals surface area contributed by atoms with E-state index in [2.05, 4.69) is 20.7 Å². The zero-order valence-electron chi connectivity index (χ0n) is 20.0. The summed E-state index contributed by atoms with van der Waals surface area (Å²) < 4.78 is 12.7. The van der Waals surface area contributed by atoms with Crippen LogP contribution in [0.3, 0.4) is 0 Å². The summed E-state index contributed by atoms with van der Waals surface area (Å²) in [6.45, 7) is 0. The van der Waals surface area contributed by atoms with Crippen molar-refractivity contribution in [2.24, 2.45) is 5.10 Å². The first-order valence-corrected chi connectivity index (χ1v) is 12.0. The number of carbonyl (C=O) groups is 2. The van der Waals surface area contributed by atoms with Crippen LogP contribution in [0.1, 0.15) is 15.9 Å². The Morgan fingerprint density at radius 3 is 2.51 bits per heavy atom. The van der Waals surface area contributed by atoms with Gasteiger partial charge in [-0.3, -0.25) is 4.79 Å². The van der Waals surface area contributed by atoms with Gasteiger partial charge in [-0.25, -0.2) is 5.43 Å². The average molecular weight is 518 g/mol. The number of nitrogens with one attached hydrogen (secondary N) is 2. The van der Waals surface area contributed by atoms with Crippen LogP contribution in [0.5, 0.6) is 11.5 Å². The standard InChI is InChI=1S/C26H23N5O5S/c1-35-21-13-12-17(14-22(21)36-2)24-29-30-26(31(24)19-9-4-3-5-10-19)37-16-23(32)28-27-15-18-8-6-7-11-20(18)25(33)34/h3-15H,16H2,1-2H3,(H2,28,32,33,34). The van der Waals surface area contributed by atoms with Crippen LogP contribution in [-0.4, -0.2) is 48.3 Å². The molecule has 0 fully saturated rings. The number of nitrogens with zero attached hydrogens (tertiary/aromatic N) is 3. The van der Waals surface area contributed by atoms with E-state index in [1.54, 1.807) is 38.5 Å². The van der Waals surface area contributed by atoms with Crippen LogP contribution >= 0.6 is 11.8 Å². The minimum absolute atomic E-state index is 0.0157. The molecule has 37 heavy (non-hydrogen) atoms. The number of para-hydroxylation sites is 1. The molecule has 11 heteroatoms. The number of hydrogen-bond donors (Lipinski definition) is 2. The van der Waals surface area contributed by atoms with Gasteiger partial charge in [0.25, 0.3) is 11.7 Å². The molecular formula is C26H23N5O5S. The number of ether oxygens (including phenoxy) is 2. The second kappa shape index (κ2) is 11.9. The lowest BCUT2D eigenvalue weighted by Crippen LogP contribution is -2.34. The van der Waals surface area contributed by atoms with E-state index in [-0.39, 0.29) is 17.2 Å². The first-order valence-electron chi connectivity index (χ1n) is 11.0. The molecule has 0 spiro atoms. The van der Waals surface area contributed by atoms with Gasteiger partial charge in [0.1, 0.15) is 5.69 Å². The van der Waals surface area contributed by atoms with Crippen molar-refractivity contribution >= 4 is 29.9 Å². The highest BCUT2D eigenvalue weighted by Crippen LogP contribution is 2.31. The number of amides is 1. The molecule has 1 amide bonds. The summed E-state index contributed by atoms with van der Waals surface area (Å²) in [5.41, 5.74) is 4.37. The van der Waals surface area contributed by atoms with E-state index in [0.29, 0.717) is 28.0 Å². The molecule has 0 saturated carbocycles. The molecule has 0 atom stereocenters. The minimum atomic E-state index is -1.32. The number of methoxy groups -OCH3 is 2. The molecule has 188 valence electrons. The number of carboxylic acids is 1. The molecule has 1 aromatic heterocycles. The molecule has 2 N–H and O–H groups in total. The third kappa shape index (κ3) is 5.96. The molecule has 0 unspecified atom stereocenters. The SMILES string of the molecule is COc1ccc(-c2[nH]nc(SCC(=O)NN=Cc3ccccc3C(=O)[O-])[n+]2-c2ccccc2)cc1OC. The Bertz CT molecular complexity index is 1440. The summed E-state index contributed by atoms with van der Waals surface area (Å²) in [6.07, 6.45) is 1.27. The van der Waals surface area contributed by atoms with Crippen molar-refractivity contribution < 1.29 is 28.7 Å². The number of aromatic carboxylic acids is 1. The van der Waals surface area contributed by atoms with E-state index in [9.17, 15) is 14.7 Å². The molecule has 10 nitrogen and oxygen atoms in total. The minimum Gasteiger partial charge on any atom is -0.545 e. The van der Waals surface area contributed by atoms with Crippen molar-refractivity contribution in [3.8, 4) is 28.6 Å². The zero-order valence-corrected chi connectivity index (χ0v) is 20.8. The number of carboxylic acid groups (broad SMARTS) is 1. The van der Waals surface area contributed by atoms with Gasteiger partial charge in [0.15, 0.2) is 11.5 Å². The molecule has 0 saturated heterocycles. The normalized spacial score (nSPS) is 10.9. The van der Waals surface area contributed by atoms with Crippen LogP contribution in [0, 0.1) is 0 Å². The van der Waals surface area contributed by atoms with E-state index < -0.39 is 5.97 Å². The molecule has 4 aromatic rings. The monoisotopic (exact) mass is 517 g/mol. The molecular weight excluding hydrogens is 494 g/mol. The molecule has 0 aliphatic heterocycles. The topological polar surface area (TPSA) is 133 Å². The van der Waals surface area contributed by atoms with E-state index in [0.717, 1.165) is 11.3 Å². The summed E-state index contributed by atoms with van der Waals surface area (Å²) in [4.78, 5) is 23.7. The van der Waals surface area contributed by atoms with Gasteiger partial charge in [0.2, 0.25) is 0 Å². The van der Waals surface area contributed by atoms with Gasteiger partial charge in [-0.1, -0.05) is 42.5 Å². The molecule has 4 rings (SSSR count). The Morgan fingerprint density at radius 2 is 1.78 bits per heavy atom. The van der Waals surface area contributed by atoms with Gasteiger partial charge in [0.05, 0.1) is 42.8 Å². The number of benzene rings is 3. The Kier molecular flexibility index (Phi) is 8.16. The Morgan fingerprint density at radius 1 is 1.05 bits per heavy atom. The van der Waals surface area contributed by atoms with E-state index in [1.807, 2.05) is 47.0 Å². The number of aromatic nitrogens is 3. The van der Waals surface area contributed by atoms with Crippen LogP contribution in [0.4, 0.5) is 0 Å². The van der Waals surface area contributed by atoms with Crippen LogP contribution < -0.4 is 24.6 Å². The van der Waals surface area contributed by atoms with Crippen LogP contribution in [0.2, 0.25) is 0 Å². The lowest BCUT2D eigenvalue weighted by Gasteiger charge is -2.09. The van der Waals surface area contributed by atoms with Crippen molar-refractivity contribution in [1.29, 1.82) is 0 Å². The number of hydrogen-bond acceptors (Lipinski definition) is 8. The van der Waals surface area contributed by atoms with Crippen molar-refractivity contribution in [1.82, 2.24) is 15.6 Å². The van der Waals surface area contributed by atoms with E-state index in [4.69, 9.17) is 9.47 Å². The molecule has 0 radical (unpaired) electrons. The third-order valence-electron chi connectivity index (χ3n) is 5.25. The number of aromatic amines is 1. The molecule has 1 heterocycles. The number of rotatable bonds is 10. The maximum Gasteiger partial charge on any atom is 0.342 e. The second-order valence-electron chi connectivity index (χ2n) is 7.55. The maximum atomic E-state index is 12.5. The Hall–Kier alpha value is -4.64. The summed E-state index contributed by atoms with van der Waals surface area (Å²) in [5, 5.41) is 23.1. The fraction of sp³-hybridized carbons (Fsp3) is 0.115. The highest BCUT2D eigenvalue weighted by atomic mass is 32.2. The summed E-state index contributed by atoms with van der Waals surface area (Å²) in [5.74, 6) is 0.169. The second-order valence-corrected chi connectivity index (χ2v) is 8.49. The van der Waals surface area contributed by atoms with Gasteiger partial charge in [-0.05, 0) is 42.1 Å². The fourth-order valence-electron chi connectivity index (χ4n) is 3.52. The number of carbonyl (C=O) groups excluding carboxylic acids is 2. The summed E-state index contributed by atoms with van der Waals surface area (Å²) >= 11 is 1.21. The third-order valence-corrected chi connectivity index (χ3v) is 6.19.